The van der Waals surface area contributed by atoms with Crippen molar-refractivity contribution < 1.29 is 0 Å². The smallest absolute Gasteiger partial charge is 0.113 e. The fourth-order valence-corrected chi connectivity index (χ4v) is 3.49. The molecule has 2 rings (SSSR count). The zero-order valence-corrected chi connectivity index (χ0v) is 12.6. The van der Waals surface area contributed by atoms with Gasteiger partial charge in [0.05, 0.1) is 12.7 Å². The Bertz CT molecular complexity index is 350. The van der Waals surface area contributed by atoms with E-state index in [9.17, 15) is 0 Å². The maximum Gasteiger partial charge on any atom is 0.113 e. The Balaban J connectivity index is 1.86. The van der Waals surface area contributed by atoms with E-state index in [1.807, 2.05) is 0 Å². The van der Waals surface area contributed by atoms with E-state index in [1.54, 1.807) is 17.5 Å². The highest BCUT2D eigenvalue weighted by molar-refractivity contribution is 7.15. The van der Waals surface area contributed by atoms with Gasteiger partial charge in [-0.15, -0.1) is 11.3 Å². The molecule has 0 bridgehead atoms. The van der Waals surface area contributed by atoms with Gasteiger partial charge in [0.1, 0.15) is 9.34 Å². The number of nitrogens with one attached hydrogen (secondary N) is 1. The number of nitrogens with zero attached hydrogens (tertiary/aromatic N) is 2. The average Bonchev–Trinajstić information content (AvgIpc) is 2.76. The van der Waals surface area contributed by atoms with Crippen molar-refractivity contribution in [2.75, 3.05) is 19.6 Å². The van der Waals surface area contributed by atoms with Gasteiger partial charge in [0.15, 0.2) is 0 Å². The topological polar surface area (TPSA) is 28.2 Å². The van der Waals surface area contributed by atoms with E-state index in [1.165, 1.54) is 32.2 Å². The number of piperidine rings is 1. The van der Waals surface area contributed by atoms with Crippen molar-refractivity contribution in [2.45, 2.75) is 45.2 Å². The number of hydrogen-bond acceptors (Lipinski definition) is 4. The standard InChI is InChI=1S/C13H22ClN3S/c1-2-7-17(9-11-5-3-4-6-15-11)10-13-16-8-12(14)18-13/h8,11,15H,2-7,9-10H2,1H3. The highest BCUT2D eigenvalue weighted by Gasteiger charge is 2.17. The van der Waals surface area contributed by atoms with Gasteiger partial charge in [-0.1, -0.05) is 24.9 Å². The van der Waals surface area contributed by atoms with Crippen LogP contribution in [0, 0.1) is 0 Å². The minimum absolute atomic E-state index is 0.653. The molecule has 1 N–H and O–H groups in total. The first-order valence-corrected chi connectivity index (χ1v) is 8.03. The van der Waals surface area contributed by atoms with E-state index in [4.69, 9.17) is 11.6 Å². The van der Waals surface area contributed by atoms with E-state index >= 15 is 0 Å². The second-order valence-electron chi connectivity index (χ2n) is 4.94. The van der Waals surface area contributed by atoms with Gasteiger partial charge in [0, 0.05) is 12.6 Å². The van der Waals surface area contributed by atoms with Crippen LogP contribution in [0.25, 0.3) is 0 Å². The summed E-state index contributed by atoms with van der Waals surface area (Å²) in [5, 5.41) is 4.74. The molecule has 1 aliphatic rings. The van der Waals surface area contributed by atoms with Crippen molar-refractivity contribution >= 4 is 22.9 Å². The third kappa shape index (κ3) is 4.50. The number of thiazole rings is 1. The normalized spacial score (nSPS) is 20.5. The van der Waals surface area contributed by atoms with Crippen molar-refractivity contribution in [1.82, 2.24) is 15.2 Å². The molecule has 1 fully saturated rings. The van der Waals surface area contributed by atoms with Crippen LogP contribution >= 0.6 is 22.9 Å². The van der Waals surface area contributed by atoms with Gasteiger partial charge in [0.2, 0.25) is 0 Å². The lowest BCUT2D eigenvalue weighted by atomic mass is 10.0. The number of aromatic nitrogens is 1. The second-order valence-corrected chi connectivity index (χ2v) is 6.69. The lowest BCUT2D eigenvalue weighted by molar-refractivity contribution is 0.217. The molecule has 1 aliphatic heterocycles. The molecule has 1 aromatic rings. The van der Waals surface area contributed by atoms with Crippen molar-refractivity contribution in [1.29, 1.82) is 0 Å². The predicted octanol–water partition coefficient (Wildman–Crippen LogP) is 3.15. The fourth-order valence-electron chi connectivity index (χ4n) is 2.50. The quantitative estimate of drug-likeness (QED) is 0.871. The SMILES string of the molecule is CCCN(Cc1ncc(Cl)s1)CC1CCCCN1. The van der Waals surface area contributed by atoms with Crippen LogP contribution in [0.3, 0.4) is 0 Å². The molecule has 2 heterocycles. The summed E-state index contributed by atoms with van der Waals surface area (Å²) in [6.45, 7) is 6.60. The summed E-state index contributed by atoms with van der Waals surface area (Å²) in [4.78, 5) is 6.85. The maximum atomic E-state index is 5.94. The summed E-state index contributed by atoms with van der Waals surface area (Å²) in [6.07, 6.45) is 6.93. The molecule has 1 aromatic heterocycles. The Hall–Kier alpha value is -0.160. The molecule has 0 aromatic carbocycles. The highest BCUT2D eigenvalue weighted by Crippen LogP contribution is 2.20. The molecular weight excluding hydrogens is 266 g/mol. The maximum absolute atomic E-state index is 5.94. The Morgan fingerprint density at radius 1 is 1.56 bits per heavy atom. The van der Waals surface area contributed by atoms with E-state index < -0.39 is 0 Å². The van der Waals surface area contributed by atoms with E-state index in [2.05, 4.69) is 22.1 Å². The minimum atomic E-state index is 0.653. The van der Waals surface area contributed by atoms with Crippen molar-refractivity contribution in [3.8, 4) is 0 Å². The summed E-state index contributed by atoms with van der Waals surface area (Å²) in [5.74, 6) is 0. The molecule has 3 nitrogen and oxygen atoms in total. The molecule has 0 saturated carbocycles. The molecule has 1 saturated heterocycles. The van der Waals surface area contributed by atoms with Crippen LogP contribution in [0.5, 0.6) is 0 Å². The first kappa shape index (κ1) is 14.3. The number of hydrogen-bond donors (Lipinski definition) is 1. The predicted molar refractivity (Wildman–Crippen MR) is 78.3 cm³/mol. The molecule has 0 spiro atoms. The first-order chi connectivity index (χ1) is 8.78. The third-order valence-electron chi connectivity index (χ3n) is 3.32. The second kappa shape index (κ2) is 7.43. The van der Waals surface area contributed by atoms with Crippen molar-refractivity contribution in [3.63, 3.8) is 0 Å². The van der Waals surface area contributed by atoms with Crippen LogP contribution in [-0.4, -0.2) is 35.6 Å². The first-order valence-electron chi connectivity index (χ1n) is 6.84. The highest BCUT2D eigenvalue weighted by atomic mass is 35.5. The third-order valence-corrected chi connectivity index (χ3v) is 4.41. The van der Waals surface area contributed by atoms with Crippen molar-refractivity contribution in [2.24, 2.45) is 0 Å². The van der Waals surface area contributed by atoms with Gasteiger partial charge in [-0.2, -0.15) is 0 Å². The zero-order valence-electron chi connectivity index (χ0n) is 11.0. The van der Waals surface area contributed by atoms with E-state index in [0.717, 1.165) is 29.0 Å². The van der Waals surface area contributed by atoms with E-state index in [-0.39, 0.29) is 0 Å². The Kier molecular flexibility index (Phi) is 5.89. The van der Waals surface area contributed by atoms with Crippen LogP contribution in [0.2, 0.25) is 4.34 Å². The monoisotopic (exact) mass is 287 g/mol. The van der Waals surface area contributed by atoms with Crippen molar-refractivity contribution in [3.05, 3.63) is 15.5 Å². The molecule has 0 radical (unpaired) electrons. The lowest BCUT2D eigenvalue weighted by Crippen LogP contribution is -2.43. The summed E-state index contributed by atoms with van der Waals surface area (Å²) >= 11 is 7.53. The molecular formula is C13H22ClN3S. The van der Waals surface area contributed by atoms with Crippen LogP contribution in [0.1, 0.15) is 37.6 Å². The Morgan fingerprint density at radius 2 is 2.44 bits per heavy atom. The Morgan fingerprint density at radius 3 is 3.06 bits per heavy atom. The molecule has 1 atom stereocenters. The Labute approximate surface area is 119 Å². The van der Waals surface area contributed by atoms with Gasteiger partial charge < -0.3 is 5.32 Å². The molecule has 0 amide bonds. The van der Waals surface area contributed by atoms with Gasteiger partial charge in [0.25, 0.3) is 0 Å². The minimum Gasteiger partial charge on any atom is -0.313 e. The molecule has 5 heteroatoms. The molecule has 102 valence electrons. The van der Waals surface area contributed by atoms with Crippen LogP contribution in [0.15, 0.2) is 6.20 Å². The van der Waals surface area contributed by atoms with Crippen LogP contribution in [-0.2, 0) is 6.54 Å². The van der Waals surface area contributed by atoms with Crippen LogP contribution in [0.4, 0.5) is 0 Å². The van der Waals surface area contributed by atoms with Gasteiger partial charge in [-0.3, -0.25) is 4.90 Å². The van der Waals surface area contributed by atoms with Gasteiger partial charge in [-0.05, 0) is 32.4 Å². The summed E-state index contributed by atoms with van der Waals surface area (Å²) in [7, 11) is 0. The zero-order chi connectivity index (χ0) is 12.8. The average molecular weight is 288 g/mol. The summed E-state index contributed by atoms with van der Waals surface area (Å²) < 4.78 is 0.789. The van der Waals surface area contributed by atoms with E-state index in [0.29, 0.717) is 6.04 Å². The van der Waals surface area contributed by atoms with Gasteiger partial charge >= 0.3 is 0 Å². The number of rotatable bonds is 6. The summed E-state index contributed by atoms with van der Waals surface area (Å²) in [6, 6.07) is 0.653. The fraction of sp³-hybridized carbons (Fsp3) is 0.769. The lowest BCUT2D eigenvalue weighted by Gasteiger charge is -2.29. The molecule has 0 aliphatic carbocycles. The summed E-state index contributed by atoms with van der Waals surface area (Å²) in [5.41, 5.74) is 0. The molecule has 18 heavy (non-hydrogen) atoms. The number of halogens is 1. The largest absolute Gasteiger partial charge is 0.313 e. The van der Waals surface area contributed by atoms with Crippen LogP contribution < -0.4 is 5.32 Å². The van der Waals surface area contributed by atoms with Gasteiger partial charge in [-0.25, -0.2) is 4.98 Å². The molecule has 1 unspecified atom stereocenters.